The Labute approximate surface area is 192 Å². The Balaban J connectivity index is 2.10. The van der Waals surface area contributed by atoms with E-state index in [0.29, 0.717) is 16.8 Å². The Hall–Kier alpha value is -2.82. The van der Waals surface area contributed by atoms with Crippen molar-refractivity contribution in [3.63, 3.8) is 0 Å². The third-order valence-corrected chi connectivity index (χ3v) is 6.78. The van der Waals surface area contributed by atoms with Crippen LogP contribution in [0.4, 0.5) is 0 Å². The van der Waals surface area contributed by atoms with Crippen LogP contribution in [0.3, 0.4) is 0 Å². The summed E-state index contributed by atoms with van der Waals surface area (Å²) in [7, 11) is -2.09. The smallest absolute Gasteiger partial charge is 0.269 e. The molecule has 0 spiro atoms. The molecule has 0 aromatic carbocycles. The van der Waals surface area contributed by atoms with Gasteiger partial charge < -0.3 is 10.2 Å². The van der Waals surface area contributed by atoms with E-state index in [4.69, 9.17) is 11.6 Å². The zero-order chi connectivity index (χ0) is 23.6. The van der Waals surface area contributed by atoms with E-state index in [9.17, 15) is 18.0 Å². The van der Waals surface area contributed by atoms with Crippen LogP contribution in [0.25, 0.3) is 11.3 Å². The molecule has 32 heavy (non-hydrogen) atoms. The van der Waals surface area contributed by atoms with Crippen molar-refractivity contribution >= 4 is 33.4 Å². The van der Waals surface area contributed by atoms with Crippen LogP contribution in [-0.2, 0) is 14.8 Å². The Morgan fingerprint density at radius 3 is 2.62 bits per heavy atom. The number of piperazine rings is 1. The molecule has 0 saturated carbocycles. The maximum atomic E-state index is 12.6. The van der Waals surface area contributed by atoms with Crippen molar-refractivity contribution in [3.8, 4) is 11.3 Å². The lowest BCUT2D eigenvalue weighted by Crippen LogP contribution is -2.56. The Bertz CT molecular complexity index is 1170. The SMILES string of the molecule is C=CC(=O)N1C[C@H](C)N(S(C)(=O)=O)[C@H](c2cc(Cl)nc(-c3ccnc(C(=O)NC)c3)c2)C1. The Kier molecular flexibility index (Phi) is 6.97. The molecule has 11 heteroatoms. The highest BCUT2D eigenvalue weighted by Crippen LogP contribution is 2.34. The lowest BCUT2D eigenvalue weighted by Gasteiger charge is -2.44. The second-order valence-electron chi connectivity index (χ2n) is 7.52. The number of nitrogens with one attached hydrogen (secondary N) is 1. The number of sulfonamides is 1. The summed E-state index contributed by atoms with van der Waals surface area (Å²) in [6.45, 7) is 5.67. The van der Waals surface area contributed by atoms with Crippen LogP contribution in [0.5, 0.6) is 0 Å². The number of halogens is 1. The molecule has 1 N–H and O–H groups in total. The highest BCUT2D eigenvalue weighted by molar-refractivity contribution is 7.88. The molecule has 3 heterocycles. The molecule has 1 aliphatic heterocycles. The van der Waals surface area contributed by atoms with E-state index in [1.54, 1.807) is 36.1 Å². The Morgan fingerprint density at radius 2 is 2.00 bits per heavy atom. The van der Waals surface area contributed by atoms with E-state index in [1.165, 1.54) is 23.6 Å². The molecular weight excluding hydrogens is 454 g/mol. The highest BCUT2D eigenvalue weighted by atomic mass is 35.5. The molecule has 1 fully saturated rings. The van der Waals surface area contributed by atoms with Crippen LogP contribution in [0.2, 0.25) is 5.15 Å². The second-order valence-corrected chi connectivity index (χ2v) is 9.80. The largest absolute Gasteiger partial charge is 0.354 e. The molecule has 2 atom stereocenters. The minimum absolute atomic E-state index is 0.141. The van der Waals surface area contributed by atoms with Gasteiger partial charge in [-0.2, -0.15) is 4.31 Å². The highest BCUT2D eigenvalue weighted by Gasteiger charge is 2.40. The molecule has 9 nitrogen and oxygen atoms in total. The lowest BCUT2D eigenvalue weighted by atomic mass is 10.0. The topological polar surface area (TPSA) is 113 Å². The van der Waals surface area contributed by atoms with Gasteiger partial charge in [0.1, 0.15) is 10.8 Å². The van der Waals surface area contributed by atoms with Gasteiger partial charge in [-0.25, -0.2) is 13.4 Å². The number of hydrogen-bond acceptors (Lipinski definition) is 6. The second kappa shape index (κ2) is 9.35. The summed E-state index contributed by atoms with van der Waals surface area (Å²) in [6, 6.07) is 5.43. The third kappa shape index (κ3) is 4.98. The maximum Gasteiger partial charge on any atom is 0.269 e. The number of nitrogens with zero attached hydrogens (tertiary/aromatic N) is 4. The van der Waals surface area contributed by atoms with Crippen LogP contribution in [-0.4, -0.2) is 71.8 Å². The number of carbonyl (C=O) groups is 2. The van der Waals surface area contributed by atoms with Gasteiger partial charge >= 0.3 is 0 Å². The fraction of sp³-hybridized carbons (Fsp3) is 0.333. The molecule has 0 bridgehead atoms. The molecule has 1 aliphatic rings. The van der Waals surface area contributed by atoms with Crippen molar-refractivity contribution in [2.24, 2.45) is 0 Å². The van der Waals surface area contributed by atoms with Crippen molar-refractivity contribution in [3.05, 3.63) is 59.5 Å². The molecule has 2 amide bonds. The van der Waals surface area contributed by atoms with Crippen LogP contribution in [0.15, 0.2) is 43.1 Å². The van der Waals surface area contributed by atoms with Crippen LogP contribution >= 0.6 is 11.6 Å². The number of amides is 2. The van der Waals surface area contributed by atoms with Gasteiger partial charge in [0.05, 0.1) is 18.0 Å². The van der Waals surface area contributed by atoms with Gasteiger partial charge in [0.15, 0.2) is 0 Å². The van der Waals surface area contributed by atoms with Gasteiger partial charge in [-0.05, 0) is 42.8 Å². The molecule has 2 aromatic rings. The van der Waals surface area contributed by atoms with Crippen LogP contribution in [0, 0.1) is 0 Å². The zero-order valence-electron chi connectivity index (χ0n) is 17.9. The van der Waals surface area contributed by atoms with Crippen LogP contribution in [0.1, 0.15) is 29.0 Å². The van der Waals surface area contributed by atoms with E-state index < -0.39 is 22.1 Å². The number of rotatable bonds is 5. The van der Waals surface area contributed by atoms with Gasteiger partial charge in [0, 0.05) is 37.9 Å². The third-order valence-electron chi connectivity index (χ3n) is 5.21. The standard InChI is InChI=1S/C21H24ClN5O4S/c1-5-20(28)26-11-13(2)27(32(4,30)31)18(12-26)15-9-16(25-19(22)10-15)14-6-7-24-17(8-14)21(29)23-3/h5-10,13,18H,1,11-12H2,2-4H3,(H,23,29)/t13-,18-/m0/s1. The Morgan fingerprint density at radius 1 is 1.28 bits per heavy atom. The zero-order valence-corrected chi connectivity index (χ0v) is 19.5. The van der Waals surface area contributed by atoms with E-state index in [2.05, 4.69) is 21.9 Å². The molecule has 170 valence electrons. The number of hydrogen-bond donors (Lipinski definition) is 1. The van der Waals surface area contributed by atoms with Crippen LogP contribution < -0.4 is 5.32 Å². The van der Waals surface area contributed by atoms with Gasteiger partial charge in [-0.3, -0.25) is 14.6 Å². The number of aromatic nitrogens is 2. The predicted molar refractivity (Wildman–Crippen MR) is 122 cm³/mol. The van der Waals surface area contributed by atoms with Crippen molar-refractivity contribution in [2.45, 2.75) is 19.0 Å². The van der Waals surface area contributed by atoms with E-state index in [1.807, 2.05) is 0 Å². The van der Waals surface area contributed by atoms with E-state index in [0.717, 1.165) is 6.26 Å². The summed E-state index contributed by atoms with van der Waals surface area (Å²) < 4.78 is 26.6. The molecule has 0 radical (unpaired) electrons. The first-order valence-corrected chi connectivity index (χ1v) is 12.0. The molecule has 3 rings (SSSR count). The summed E-state index contributed by atoms with van der Waals surface area (Å²) in [5, 5.41) is 2.67. The van der Waals surface area contributed by atoms with E-state index in [-0.39, 0.29) is 35.8 Å². The summed E-state index contributed by atoms with van der Waals surface area (Å²) in [6.07, 6.45) is 3.84. The van der Waals surface area contributed by atoms with Crippen molar-refractivity contribution in [2.75, 3.05) is 26.4 Å². The first-order valence-electron chi connectivity index (χ1n) is 9.81. The molecule has 0 unspecified atom stereocenters. The van der Waals surface area contributed by atoms with Crippen molar-refractivity contribution in [1.82, 2.24) is 24.5 Å². The first-order chi connectivity index (χ1) is 15.0. The predicted octanol–water partition coefficient (Wildman–Crippen LogP) is 1.88. The molecule has 1 saturated heterocycles. The fourth-order valence-electron chi connectivity index (χ4n) is 3.89. The molecule has 2 aromatic heterocycles. The van der Waals surface area contributed by atoms with Crippen molar-refractivity contribution < 1.29 is 18.0 Å². The minimum Gasteiger partial charge on any atom is -0.354 e. The molecular formula is C21H24ClN5O4S. The van der Waals surface area contributed by atoms with Crippen molar-refractivity contribution in [1.29, 1.82) is 0 Å². The molecule has 0 aliphatic carbocycles. The summed E-state index contributed by atoms with van der Waals surface area (Å²) in [5.41, 5.74) is 1.83. The van der Waals surface area contributed by atoms with E-state index >= 15 is 0 Å². The monoisotopic (exact) mass is 477 g/mol. The quantitative estimate of drug-likeness (QED) is 0.519. The average molecular weight is 478 g/mol. The fourth-order valence-corrected chi connectivity index (χ4v) is 5.48. The summed E-state index contributed by atoms with van der Waals surface area (Å²) in [5.74, 6) is -0.628. The van der Waals surface area contributed by atoms with Gasteiger partial charge in [-0.1, -0.05) is 18.2 Å². The van der Waals surface area contributed by atoms with Gasteiger partial charge in [0.25, 0.3) is 5.91 Å². The first kappa shape index (κ1) is 23.8. The summed E-state index contributed by atoms with van der Waals surface area (Å²) >= 11 is 6.30. The maximum absolute atomic E-state index is 12.6. The summed E-state index contributed by atoms with van der Waals surface area (Å²) in [4.78, 5) is 34.2. The normalized spacial score (nSPS) is 19.4. The number of pyridine rings is 2. The van der Waals surface area contributed by atoms with Gasteiger partial charge in [-0.15, -0.1) is 0 Å². The lowest BCUT2D eigenvalue weighted by molar-refractivity contribution is -0.129. The number of carbonyl (C=O) groups excluding carboxylic acids is 2. The minimum atomic E-state index is -3.60. The average Bonchev–Trinajstić information content (AvgIpc) is 2.76. The van der Waals surface area contributed by atoms with Gasteiger partial charge in [0.2, 0.25) is 15.9 Å².